The Morgan fingerprint density at radius 2 is 2.13 bits per heavy atom. The summed E-state index contributed by atoms with van der Waals surface area (Å²) in [7, 11) is 0. The van der Waals surface area contributed by atoms with Gasteiger partial charge in [-0.2, -0.15) is 4.98 Å². The van der Waals surface area contributed by atoms with Gasteiger partial charge in [-0.15, -0.1) is 0 Å². The van der Waals surface area contributed by atoms with E-state index in [0.29, 0.717) is 43.0 Å². The van der Waals surface area contributed by atoms with Gasteiger partial charge >= 0.3 is 6.09 Å². The van der Waals surface area contributed by atoms with Crippen molar-refractivity contribution >= 4 is 17.1 Å². The Morgan fingerprint density at radius 3 is 2.87 bits per heavy atom. The maximum atomic E-state index is 12.1. The van der Waals surface area contributed by atoms with Crippen LogP contribution in [0.5, 0.6) is 0 Å². The van der Waals surface area contributed by atoms with Gasteiger partial charge < -0.3 is 23.9 Å². The first kappa shape index (κ1) is 20.3. The fourth-order valence-electron chi connectivity index (χ4n) is 3.43. The van der Waals surface area contributed by atoms with Crippen LogP contribution in [0.25, 0.3) is 22.6 Å². The zero-order chi connectivity index (χ0) is 21.1. The molecule has 1 N–H and O–H groups in total. The van der Waals surface area contributed by atoms with Crippen LogP contribution in [0.2, 0.25) is 0 Å². The number of rotatable bonds is 5. The summed E-state index contributed by atoms with van der Waals surface area (Å²) in [6.07, 6.45) is 5.59. The summed E-state index contributed by atoms with van der Waals surface area (Å²) in [6, 6.07) is 4.01. The standard InChI is InChI=1S/C21H27N5O4/c1-21(2,3)29-20(27)26-10-6-15(7-11-26)23-9-5-18-24-19(25-30-18)17-12-14-13-22-8-4-16(14)28-17/h4,8,12-13,15,23H,5-7,9-11H2,1-3H3. The van der Waals surface area contributed by atoms with E-state index in [4.69, 9.17) is 13.7 Å². The van der Waals surface area contributed by atoms with Crippen molar-refractivity contribution in [2.75, 3.05) is 19.6 Å². The molecule has 30 heavy (non-hydrogen) atoms. The summed E-state index contributed by atoms with van der Waals surface area (Å²) in [4.78, 5) is 22.4. The van der Waals surface area contributed by atoms with Crippen molar-refractivity contribution in [2.45, 2.75) is 51.7 Å². The molecule has 3 aromatic rings. The zero-order valence-corrected chi connectivity index (χ0v) is 17.6. The number of carbonyl (C=O) groups is 1. The second-order valence-electron chi connectivity index (χ2n) is 8.48. The van der Waals surface area contributed by atoms with E-state index in [1.54, 1.807) is 23.4 Å². The van der Waals surface area contributed by atoms with Crippen LogP contribution < -0.4 is 5.32 Å². The summed E-state index contributed by atoms with van der Waals surface area (Å²) in [5.41, 5.74) is 0.278. The van der Waals surface area contributed by atoms with Gasteiger partial charge in [-0.1, -0.05) is 5.16 Å². The van der Waals surface area contributed by atoms with E-state index in [1.807, 2.05) is 26.8 Å². The molecule has 0 aromatic carbocycles. The topological polar surface area (TPSA) is 107 Å². The molecule has 0 saturated carbocycles. The van der Waals surface area contributed by atoms with Crippen molar-refractivity contribution in [3.8, 4) is 11.6 Å². The summed E-state index contributed by atoms with van der Waals surface area (Å²) >= 11 is 0. The van der Waals surface area contributed by atoms with Crippen LogP contribution in [0.4, 0.5) is 4.79 Å². The lowest BCUT2D eigenvalue weighted by Gasteiger charge is -2.33. The lowest BCUT2D eigenvalue weighted by molar-refractivity contribution is 0.0198. The van der Waals surface area contributed by atoms with Crippen LogP contribution in [-0.4, -0.2) is 57.4 Å². The number of carbonyl (C=O) groups excluding carboxylic acids is 1. The molecule has 1 fully saturated rings. The van der Waals surface area contributed by atoms with Crippen molar-refractivity contribution in [1.29, 1.82) is 0 Å². The Morgan fingerprint density at radius 1 is 1.33 bits per heavy atom. The zero-order valence-electron chi connectivity index (χ0n) is 17.6. The Balaban J connectivity index is 1.23. The number of fused-ring (bicyclic) bond motifs is 1. The molecule has 1 aliphatic rings. The van der Waals surface area contributed by atoms with Gasteiger partial charge in [0.15, 0.2) is 5.76 Å². The lowest BCUT2D eigenvalue weighted by Crippen LogP contribution is -2.46. The van der Waals surface area contributed by atoms with E-state index in [2.05, 4.69) is 20.4 Å². The van der Waals surface area contributed by atoms with Gasteiger partial charge in [-0.05, 0) is 45.7 Å². The van der Waals surface area contributed by atoms with E-state index in [-0.39, 0.29) is 6.09 Å². The van der Waals surface area contributed by atoms with Gasteiger partial charge in [0.1, 0.15) is 11.2 Å². The quantitative estimate of drug-likeness (QED) is 0.678. The molecule has 0 aliphatic carbocycles. The predicted octanol–water partition coefficient (Wildman–Crippen LogP) is 3.41. The first-order chi connectivity index (χ1) is 14.4. The number of hydrogen-bond acceptors (Lipinski definition) is 8. The van der Waals surface area contributed by atoms with E-state index in [9.17, 15) is 4.79 Å². The number of likely N-dealkylation sites (tertiary alicyclic amines) is 1. The summed E-state index contributed by atoms with van der Waals surface area (Å²) < 4.78 is 16.5. The smallest absolute Gasteiger partial charge is 0.410 e. The molecule has 0 bridgehead atoms. The van der Waals surface area contributed by atoms with Gasteiger partial charge in [0, 0.05) is 49.9 Å². The molecular weight excluding hydrogens is 386 g/mol. The largest absolute Gasteiger partial charge is 0.452 e. The number of pyridine rings is 1. The van der Waals surface area contributed by atoms with Crippen LogP contribution in [0.1, 0.15) is 39.5 Å². The summed E-state index contributed by atoms with van der Waals surface area (Å²) in [5.74, 6) is 1.56. The molecule has 1 amide bonds. The highest BCUT2D eigenvalue weighted by atomic mass is 16.6. The van der Waals surface area contributed by atoms with Crippen molar-refractivity contribution in [3.63, 3.8) is 0 Å². The molecule has 1 aliphatic heterocycles. The highest BCUT2D eigenvalue weighted by Gasteiger charge is 2.26. The molecule has 0 atom stereocenters. The van der Waals surface area contributed by atoms with Crippen LogP contribution >= 0.6 is 0 Å². The predicted molar refractivity (Wildman–Crippen MR) is 110 cm³/mol. The number of furan rings is 1. The second kappa shape index (κ2) is 8.43. The fraction of sp³-hybridized carbons (Fsp3) is 0.524. The molecule has 0 unspecified atom stereocenters. The second-order valence-corrected chi connectivity index (χ2v) is 8.48. The van der Waals surface area contributed by atoms with Gasteiger partial charge in [0.2, 0.25) is 11.7 Å². The highest BCUT2D eigenvalue weighted by molar-refractivity contribution is 5.80. The third-order valence-electron chi connectivity index (χ3n) is 4.92. The molecule has 3 aromatic heterocycles. The normalized spacial score (nSPS) is 15.6. The minimum absolute atomic E-state index is 0.235. The Hall–Kier alpha value is -2.94. The van der Waals surface area contributed by atoms with Crippen LogP contribution in [0.3, 0.4) is 0 Å². The van der Waals surface area contributed by atoms with E-state index >= 15 is 0 Å². The number of nitrogens with one attached hydrogen (secondary N) is 1. The number of nitrogens with zero attached hydrogens (tertiary/aromatic N) is 4. The minimum Gasteiger partial charge on any atom is -0.452 e. The van der Waals surface area contributed by atoms with Crippen molar-refractivity contribution < 1.29 is 18.5 Å². The van der Waals surface area contributed by atoms with Crippen LogP contribution in [0.15, 0.2) is 33.5 Å². The third kappa shape index (κ3) is 4.96. The number of amides is 1. The van der Waals surface area contributed by atoms with Gasteiger partial charge in [0.25, 0.3) is 0 Å². The van der Waals surface area contributed by atoms with Crippen LogP contribution in [0, 0.1) is 0 Å². The Kier molecular flexibility index (Phi) is 5.72. The molecule has 0 spiro atoms. The van der Waals surface area contributed by atoms with E-state index < -0.39 is 5.60 Å². The Bertz CT molecular complexity index is 965. The third-order valence-corrected chi connectivity index (χ3v) is 4.92. The summed E-state index contributed by atoms with van der Waals surface area (Å²) in [5, 5.41) is 8.43. The number of ether oxygens (including phenoxy) is 1. The van der Waals surface area contributed by atoms with Gasteiger partial charge in [-0.25, -0.2) is 4.79 Å². The first-order valence-corrected chi connectivity index (χ1v) is 10.3. The lowest BCUT2D eigenvalue weighted by atomic mass is 10.1. The van der Waals surface area contributed by atoms with E-state index in [0.717, 1.165) is 30.4 Å². The monoisotopic (exact) mass is 413 g/mol. The number of aromatic nitrogens is 3. The summed E-state index contributed by atoms with van der Waals surface area (Å²) in [6.45, 7) is 7.76. The van der Waals surface area contributed by atoms with Gasteiger partial charge in [0.05, 0.1) is 0 Å². The average molecular weight is 413 g/mol. The maximum absolute atomic E-state index is 12.1. The maximum Gasteiger partial charge on any atom is 0.410 e. The molecule has 4 heterocycles. The minimum atomic E-state index is -0.464. The number of hydrogen-bond donors (Lipinski definition) is 1. The molecule has 4 rings (SSSR count). The van der Waals surface area contributed by atoms with Crippen molar-refractivity contribution in [1.82, 2.24) is 25.3 Å². The van der Waals surface area contributed by atoms with Crippen molar-refractivity contribution in [2.24, 2.45) is 0 Å². The molecule has 0 radical (unpaired) electrons. The van der Waals surface area contributed by atoms with Crippen molar-refractivity contribution in [3.05, 3.63) is 30.4 Å². The number of piperidine rings is 1. The molecule has 160 valence electrons. The van der Waals surface area contributed by atoms with E-state index in [1.165, 1.54) is 0 Å². The molecule has 1 saturated heterocycles. The molecular formula is C21H27N5O4. The first-order valence-electron chi connectivity index (χ1n) is 10.3. The molecule has 9 nitrogen and oxygen atoms in total. The average Bonchev–Trinajstić information content (AvgIpc) is 3.34. The molecule has 9 heteroatoms. The SMILES string of the molecule is CC(C)(C)OC(=O)N1CCC(NCCc2nc(-c3cc4cnccc4o3)no2)CC1. The van der Waals surface area contributed by atoms with Gasteiger partial charge in [-0.3, -0.25) is 4.98 Å². The Labute approximate surface area is 174 Å². The fourth-order valence-corrected chi connectivity index (χ4v) is 3.43. The highest BCUT2D eigenvalue weighted by Crippen LogP contribution is 2.25. The van der Waals surface area contributed by atoms with Crippen LogP contribution in [-0.2, 0) is 11.2 Å².